The van der Waals surface area contributed by atoms with Crippen LogP contribution in [0.5, 0.6) is 11.5 Å². The largest absolute Gasteiger partial charge is 0.488 e. The lowest BCUT2D eigenvalue weighted by Crippen LogP contribution is -2.37. The summed E-state index contributed by atoms with van der Waals surface area (Å²) in [7, 11) is 0. The summed E-state index contributed by atoms with van der Waals surface area (Å²) < 4.78 is 24.7. The van der Waals surface area contributed by atoms with Crippen LogP contribution in [0, 0.1) is 0 Å². The highest BCUT2D eigenvalue weighted by atomic mass is 16.5. The summed E-state index contributed by atoms with van der Waals surface area (Å²) in [5.41, 5.74) is 1.98. The van der Waals surface area contributed by atoms with Crippen molar-refractivity contribution in [3.05, 3.63) is 120 Å². The molecule has 0 aromatic heterocycles. The van der Waals surface area contributed by atoms with Gasteiger partial charge in [-0.15, -0.1) is 0 Å². The van der Waals surface area contributed by atoms with Crippen LogP contribution in [-0.2, 0) is 30.9 Å². The molecule has 1 aliphatic carbocycles. The van der Waals surface area contributed by atoms with Crippen LogP contribution in [-0.4, -0.2) is 47.2 Å². The van der Waals surface area contributed by atoms with Gasteiger partial charge in [-0.25, -0.2) is 0 Å². The third-order valence-corrected chi connectivity index (χ3v) is 9.85. The molecular formula is C44H56O6. The van der Waals surface area contributed by atoms with Crippen molar-refractivity contribution in [2.24, 2.45) is 0 Å². The highest BCUT2D eigenvalue weighted by Gasteiger charge is 2.40. The minimum absolute atomic E-state index is 0.138. The van der Waals surface area contributed by atoms with Gasteiger partial charge in [-0.3, -0.25) is 9.59 Å². The molecule has 0 amide bonds. The second-order valence-electron chi connectivity index (χ2n) is 15.5. The molecule has 0 N–H and O–H groups in total. The van der Waals surface area contributed by atoms with Crippen LogP contribution in [0.1, 0.15) is 103 Å². The number of rotatable bonds is 18. The van der Waals surface area contributed by atoms with Gasteiger partial charge in [0.25, 0.3) is 0 Å². The number of carbonyl (C=O) groups excluding carboxylic acids is 2. The Morgan fingerprint density at radius 1 is 0.660 bits per heavy atom. The van der Waals surface area contributed by atoms with Crippen LogP contribution in [0.2, 0.25) is 0 Å². The van der Waals surface area contributed by atoms with Gasteiger partial charge in [-0.2, -0.15) is 0 Å². The number of hydrogen-bond donors (Lipinski definition) is 0. The number of carbonyl (C=O) groups is 2. The molecule has 3 aromatic carbocycles. The summed E-state index contributed by atoms with van der Waals surface area (Å²) in [6, 6.07) is 25.8. The average molecular weight is 681 g/mol. The zero-order valence-electron chi connectivity index (χ0n) is 31.4. The van der Waals surface area contributed by atoms with Gasteiger partial charge in [0.05, 0.1) is 13.2 Å². The monoisotopic (exact) mass is 680 g/mol. The van der Waals surface area contributed by atoms with E-state index in [0.29, 0.717) is 26.1 Å². The second kappa shape index (κ2) is 15.5. The lowest BCUT2D eigenvalue weighted by atomic mass is 9.62. The summed E-state index contributed by atoms with van der Waals surface area (Å²) in [5.74, 6) is 1.29. The van der Waals surface area contributed by atoms with E-state index in [1.54, 1.807) is 27.7 Å². The van der Waals surface area contributed by atoms with Crippen molar-refractivity contribution in [3.63, 3.8) is 0 Å². The van der Waals surface area contributed by atoms with E-state index in [4.69, 9.17) is 18.9 Å². The van der Waals surface area contributed by atoms with Crippen molar-refractivity contribution >= 4 is 11.6 Å². The van der Waals surface area contributed by atoms with Crippen LogP contribution in [0.3, 0.4) is 0 Å². The van der Waals surface area contributed by atoms with E-state index in [2.05, 4.69) is 86.0 Å². The van der Waals surface area contributed by atoms with Crippen LogP contribution in [0.15, 0.2) is 98.1 Å². The molecule has 0 aliphatic heterocycles. The molecule has 268 valence electrons. The van der Waals surface area contributed by atoms with Gasteiger partial charge in [-0.1, -0.05) is 61.7 Å². The van der Waals surface area contributed by atoms with Crippen LogP contribution >= 0.6 is 0 Å². The maximum atomic E-state index is 12.1. The van der Waals surface area contributed by atoms with E-state index < -0.39 is 22.4 Å². The number of ketones is 2. The molecule has 6 nitrogen and oxygen atoms in total. The molecule has 0 radical (unpaired) electrons. The SMILES string of the molecule is C=CC(=O)C(C)(C)OCCC(C)(C)Oc1ccc(C2(c3ccc(OC(C)(C)CCOC(C)(C)C(=O)C=C)cc3)CCCc3ccccc32)cc1. The molecule has 50 heavy (non-hydrogen) atoms. The summed E-state index contributed by atoms with van der Waals surface area (Å²) >= 11 is 0. The summed E-state index contributed by atoms with van der Waals surface area (Å²) in [4.78, 5) is 24.2. The molecule has 0 atom stereocenters. The molecule has 0 spiro atoms. The minimum Gasteiger partial charge on any atom is -0.488 e. The van der Waals surface area contributed by atoms with Gasteiger partial charge in [0, 0.05) is 18.3 Å². The lowest BCUT2D eigenvalue weighted by Gasteiger charge is -2.41. The van der Waals surface area contributed by atoms with Gasteiger partial charge in [-0.05, 0) is 133 Å². The quantitative estimate of drug-likeness (QED) is 0.125. The topological polar surface area (TPSA) is 71.1 Å². The molecule has 0 saturated carbocycles. The van der Waals surface area contributed by atoms with Crippen molar-refractivity contribution in [2.75, 3.05) is 13.2 Å². The number of benzene rings is 3. The van der Waals surface area contributed by atoms with Crippen LogP contribution < -0.4 is 9.47 Å². The summed E-state index contributed by atoms with van der Waals surface area (Å²) in [5, 5.41) is 0. The van der Waals surface area contributed by atoms with Crippen LogP contribution in [0.4, 0.5) is 0 Å². The lowest BCUT2D eigenvalue weighted by molar-refractivity contribution is -0.136. The van der Waals surface area contributed by atoms with E-state index in [0.717, 1.165) is 30.8 Å². The van der Waals surface area contributed by atoms with Crippen molar-refractivity contribution in [3.8, 4) is 11.5 Å². The predicted octanol–water partition coefficient (Wildman–Crippen LogP) is 9.55. The first-order valence-corrected chi connectivity index (χ1v) is 17.7. The molecule has 0 unspecified atom stereocenters. The molecule has 4 rings (SSSR count). The number of hydrogen-bond acceptors (Lipinski definition) is 6. The number of ether oxygens (including phenoxy) is 4. The summed E-state index contributed by atoms with van der Waals surface area (Å²) in [6.45, 7) is 23.1. The van der Waals surface area contributed by atoms with Crippen molar-refractivity contribution in [2.45, 2.75) is 115 Å². The molecule has 0 bridgehead atoms. The Labute approximate surface area is 299 Å². The van der Waals surface area contributed by atoms with Gasteiger partial charge < -0.3 is 18.9 Å². The third kappa shape index (κ3) is 9.21. The summed E-state index contributed by atoms with van der Waals surface area (Å²) in [6.07, 6.45) is 6.95. The normalized spacial score (nSPS) is 14.7. The minimum atomic E-state index is -0.912. The third-order valence-electron chi connectivity index (χ3n) is 9.85. The molecule has 3 aromatic rings. The van der Waals surface area contributed by atoms with E-state index >= 15 is 0 Å². The Kier molecular flexibility index (Phi) is 12.0. The maximum Gasteiger partial charge on any atom is 0.186 e. The molecule has 0 fully saturated rings. The fraction of sp³-hybridized carbons (Fsp3) is 0.455. The Morgan fingerprint density at radius 2 is 1.08 bits per heavy atom. The van der Waals surface area contributed by atoms with Crippen molar-refractivity contribution in [1.29, 1.82) is 0 Å². The predicted molar refractivity (Wildman–Crippen MR) is 201 cm³/mol. The van der Waals surface area contributed by atoms with E-state index in [1.807, 2.05) is 27.7 Å². The van der Waals surface area contributed by atoms with Crippen molar-refractivity contribution in [1.82, 2.24) is 0 Å². The molecular weight excluding hydrogens is 624 g/mol. The average Bonchev–Trinajstić information content (AvgIpc) is 3.07. The molecule has 6 heteroatoms. The first kappa shape index (κ1) is 38.8. The molecule has 1 aliphatic rings. The Hall–Kier alpha value is -4.00. The van der Waals surface area contributed by atoms with E-state index in [9.17, 15) is 9.59 Å². The number of fused-ring (bicyclic) bond motifs is 1. The van der Waals surface area contributed by atoms with Gasteiger partial charge in [0.1, 0.15) is 33.9 Å². The Bertz CT molecular complexity index is 1550. The van der Waals surface area contributed by atoms with Crippen LogP contribution in [0.25, 0.3) is 0 Å². The first-order valence-electron chi connectivity index (χ1n) is 17.7. The van der Waals surface area contributed by atoms with Gasteiger partial charge in [0.15, 0.2) is 11.6 Å². The standard InChI is InChI=1S/C44H56O6/c1-11-38(45)42(7,8)47-30-28-40(3,4)49-35-23-19-33(20-24-35)44(27-15-17-32-16-13-14-18-37(32)44)34-21-25-36(26-22-34)50-41(5,6)29-31-48-43(9,10)39(46)12-2/h11-14,16,18-26H,1-2,15,17,27-31H2,3-10H3. The van der Waals surface area contributed by atoms with E-state index in [-0.39, 0.29) is 17.0 Å². The molecule has 0 saturated heterocycles. The highest BCUT2D eigenvalue weighted by molar-refractivity contribution is 5.96. The Morgan fingerprint density at radius 3 is 1.50 bits per heavy atom. The van der Waals surface area contributed by atoms with Gasteiger partial charge in [0.2, 0.25) is 0 Å². The first-order chi connectivity index (χ1) is 23.4. The molecule has 0 heterocycles. The highest BCUT2D eigenvalue weighted by Crippen LogP contribution is 2.48. The zero-order valence-corrected chi connectivity index (χ0v) is 31.4. The smallest absolute Gasteiger partial charge is 0.186 e. The van der Waals surface area contributed by atoms with Crippen molar-refractivity contribution < 1.29 is 28.5 Å². The Balaban J connectivity index is 1.53. The van der Waals surface area contributed by atoms with E-state index in [1.165, 1.54) is 34.4 Å². The van der Waals surface area contributed by atoms with Gasteiger partial charge >= 0.3 is 0 Å². The second-order valence-corrected chi connectivity index (χ2v) is 15.5. The zero-order chi connectivity index (χ0) is 36.8. The fourth-order valence-electron chi connectivity index (χ4n) is 6.69. The fourth-order valence-corrected chi connectivity index (χ4v) is 6.69. The number of aryl methyl sites for hydroxylation is 1. The maximum absolute atomic E-state index is 12.1.